The van der Waals surface area contributed by atoms with Gasteiger partial charge in [0.2, 0.25) is 0 Å². The first-order valence-corrected chi connectivity index (χ1v) is 8.83. The summed E-state index contributed by atoms with van der Waals surface area (Å²) < 4.78 is 6.05. The molecule has 21 heavy (non-hydrogen) atoms. The Balaban J connectivity index is 1.85. The maximum absolute atomic E-state index is 6.05. The van der Waals surface area contributed by atoms with Crippen molar-refractivity contribution in [1.82, 2.24) is 0 Å². The topological polar surface area (TPSA) is 12.5 Å². The molecule has 3 rings (SSSR count). The molecule has 0 bridgehead atoms. The van der Waals surface area contributed by atoms with Gasteiger partial charge in [-0.25, -0.2) is 0 Å². The molecule has 1 nitrogen and oxygen atoms in total. The standard InChI is InChI=1S/C20H32O/c1-14(2)16-9-12-19(4)11-8-15(3)6-7-18-20(5,21-18)13-10-17(16)19/h8,16-18H,1,6-7,9-13H2,2-5H3/b15-8+/t16-,17-,18-,19-,20-/m0/s1. The van der Waals surface area contributed by atoms with Gasteiger partial charge in [-0.1, -0.05) is 30.7 Å². The average Bonchev–Trinajstić information content (AvgIpc) is 2.94. The molecule has 2 aliphatic carbocycles. The average molecular weight is 288 g/mol. The Bertz CT molecular complexity index is 462. The third kappa shape index (κ3) is 2.86. The maximum atomic E-state index is 6.05. The van der Waals surface area contributed by atoms with E-state index in [-0.39, 0.29) is 5.60 Å². The van der Waals surface area contributed by atoms with Gasteiger partial charge in [0.05, 0.1) is 11.7 Å². The van der Waals surface area contributed by atoms with Crippen LogP contribution < -0.4 is 0 Å². The van der Waals surface area contributed by atoms with Crippen LogP contribution in [0.15, 0.2) is 23.8 Å². The van der Waals surface area contributed by atoms with E-state index in [1.165, 1.54) is 50.5 Å². The summed E-state index contributed by atoms with van der Waals surface area (Å²) in [6, 6.07) is 0. The number of rotatable bonds is 1. The van der Waals surface area contributed by atoms with Crippen LogP contribution in [0.4, 0.5) is 0 Å². The van der Waals surface area contributed by atoms with Crippen LogP contribution in [0.5, 0.6) is 0 Å². The highest BCUT2D eigenvalue weighted by atomic mass is 16.6. The lowest BCUT2D eigenvalue weighted by molar-refractivity contribution is 0.173. The van der Waals surface area contributed by atoms with E-state index in [1.54, 1.807) is 5.57 Å². The van der Waals surface area contributed by atoms with Gasteiger partial charge < -0.3 is 4.74 Å². The highest BCUT2D eigenvalue weighted by Gasteiger charge is 2.53. The number of ether oxygens (including phenoxy) is 1. The van der Waals surface area contributed by atoms with Gasteiger partial charge in [0.15, 0.2) is 0 Å². The first-order chi connectivity index (χ1) is 9.84. The van der Waals surface area contributed by atoms with Crippen LogP contribution in [0.25, 0.3) is 0 Å². The van der Waals surface area contributed by atoms with Crippen molar-refractivity contribution >= 4 is 0 Å². The lowest BCUT2D eigenvalue weighted by atomic mass is 9.70. The summed E-state index contributed by atoms with van der Waals surface area (Å²) in [7, 11) is 0. The number of epoxide rings is 1. The van der Waals surface area contributed by atoms with Crippen LogP contribution in [0.3, 0.4) is 0 Å². The number of hydrogen-bond acceptors (Lipinski definition) is 1. The van der Waals surface area contributed by atoms with E-state index >= 15 is 0 Å². The molecule has 0 unspecified atom stereocenters. The van der Waals surface area contributed by atoms with Crippen molar-refractivity contribution in [2.45, 2.75) is 84.3 Å². The predicted octanol–water partition coefficient (Wildman–Crippen LogP) is 5.66. The quantitative estimate of drug-likeness (QED) is 0.448. The molecule has 0 amide bonds. The van der Waals surface area contributed by atoms with E-state index in [2.05, 4.69) is 40.3 Å². The van der Waals surface area contributed by atoms with Gasteiger partial charge >= 0.3 is 0 Å². The molecule has 118 valence electrons. The van der Waals surface area contributed by atoms with Crippen LogP contribution in [0, 0.1) is 17.3 Å². The fraction of sp³-hybridized carbons (Fsp3) is 0.800. The van der Waals surface area contributed by atoms with Crippen molar-refractivity contribution in [3.05, 3.63) is 23.8 Å². The maximum Gasteiger partial charge on any atom is 0.0920 e. The Hall–Kier alpha value is -0.560. The summed E-state index contributed by atoms with van der Waals surface area (Å²) in [5.41, 5.74) is 3.61. The van der Waals surface area contributed by atoms with Crippen LogP contribution >= 0.6 is 0 Å². The monoisotopic (exact) mass is 288 g/mol. The molecule has 5 atom stereocenters. The normalized spacial score (nSPS) is 49.3. The molecule has 1 aliphatic heterocycles. The minimum atomic E-state index is 0.174. The van der Waals surface area contributed by atoms with Crippen molar-refractivity contribution in [2.24, 2.45) is 17.3 Å². The van der Waals surface area contributed by atoms with Crippen molar-refractivity contribution in [2.75, 3.05) is 0 Å². The van der Waals surface area contributed by atoms with Gasteiger partial charge in [-0.15, -0.1) is 0 Å². The highest BCUT2D eigenvalue weighted by Crippen LogP contribution is 2.56. The van der Waals surface area contributed by atoms with Crippen molar-refractivity contribution in [3.8, 4) is 0 Å². The Morgan fingerprint density at radius 3 is 2.71 bits per heavy atom. The lowest BCUT2D eigenvalue weighted by Gasteiger charge is -2.34. The molecule has 1 heterocycles. The van der Waals surface area contributed by atoms with Gasteiger partial charge in [-0.2, -0.15) is 0 Å². The molecule has 1 heteroatoms. The molecule has 0 radical (unpaired) electrons. The van der Waals surface area contributed by atoms with Gasteiger partial charge in [0, 0.05) is 0 Å². The van der Waals surface area contributed by atoms with Crippen LogP contribution in [-0.2, 0) is 4.74 Å². The SMILES string of the molecule is C=C(C)[C@@H]1CC[C@]2(C)C/C=C(\C)CC[C@@H]3O[C@@]3(C)CC[C@@H]12. The molecule has 0 aromatic heterocycles. The Kier molecular flexibility index (Phi) is 3.84. The first-order valence-electron chi connectivity index (χ1n) is 8.83. The molecule has 0 spiro atoms. The molecule has 0 N–H and O–H groups in total. The van der Waals surface area contributed by atoms with Crippen LogP contribution in [0.2, 0.25) is 0 Å². The minimum Gasteiger partial charge on any atom is -0.366 e. The third-order valence-electron chi connectivity index (χ3n) is 6.75. The van der Waals surface area contributed by atoms with Crippen molar-refractivity contribution in [1.29, 1.82) is 0 Å². The zero-order valence-electron chi connectivity index (χ0n) is 14.4. The first kappa shape index (κ1) is 15.3. The van der Waals surface area contributed by atoms with Crippen molar-refractivity contribution in [3.63, 3.8) is 0 Å². The largest absolute Gasteiger partial charge is 0.366 e. The zero-order chi connectivity index (χ0) is 15.3. The van der Waals surface area contributed by atoms with E-state index in [4.69, 9.17) is 4.74 Å². The Morgan fingerprint density at radius 2 is 2.00 bits per heavy atom. The number of hydrogen-bond donors (Lipinski definition) is 0. The van der Waals surface area contributed by atoms with Gasteiger partial charge in [0.1, 0.15) is 0 Å². The van der Waals surface area contributed by atoms with E-state index in [0.29, 0.717) is 11.5 Å². The number of fused-ring (bicyclic) bond motifs is 2. The smallest absolute Gasteiger partial charge is 0.0920 e. The number of allylic oxidation sites excluding steroid dienone is 3. The Morgan fingerprint density at radius 1 is 1.24 bits per heavy atom. The fourth-order valence-corrected chi connectivity index (χ4v) is 4.94. The summed E-state index contributed by atoms with van der Waals surface area (Å²) in [5, 5.41) is 0. The molecule has 2 fully saturated rings. The molecular formula is C20H32O. The molecule has 0 aromatic rings. The van der Waals surface area contributed by atoms with Crippen molar-refractivity contribution < 1.29 is 4.74 Å². The second kappa shape index (κ2) is 5.26. The fourth-order valence-electron chi connectivity index (χ4n) is 4.94. The van der Waals surface area contributed by atoms with E-state index < -0.39 is 0 Å². The summed E-state index contributed by atoms with van der Waals surface area (Å²) >= 11 is 0. The molecular weight excluding hydrogens is 256 g/mol. The highest BCUT2D eigenvalue weighted by molar-refractivity contribution is 5.13. The van der Waals surface area contributed by atoms with Gasteiger partial charge in [-0.3, -0.25) is 0 Å². The predicted molar refractivity (Wildman–Crippen MR) is 89.3 cm³/mol. The molecule has 1 saturated heterocycles. The third-order valence-corrected chi connectivity index (χ3v) is 6.75. The van der Waals surface area contributed by atoms with Gasteiger partial charge in [0.25, 0.3) is 0 Å². The molecule has 0 aromatic carbocycles. The summed E-state index contributed by atoms with van der Waals surface area (Å²) in [6.45, 7) is 13.7. The minimum absolute atomic E-state index is 0.174. The van der Waals surface area contributed by atoms with Gasteiger partial charge in [-0.05, 0) is 83.0 Å². The summed E-state index contributed by atoms with van der Waals surface area (Å²) in [5.74, 6) is 1.52. The zero-order valence-corrected chi connectivity index (χ0v) is 14.4. The summed E-state index contributed by atoms with van der Waals surface area (Å²) in [4.78, 5) is 0. The lowest BCUT2D eigenvalue weighted by Crippen LogP contribution is -2.27. The van der Waals surface area contributed by atoms with E-state index in [0.717, 1.165) is 11.8 Å². The summed E-state index contributed by atoms with van der Waals surface area (Å²) in [6.07, 6.45) is 12.0. The second-order valence-corrected chi connectivity index (χ2v) is 8.50. The van der Waals surface area contributed by atoms with E-state index in [9.17, 15) is 0 Å². The second-order valence-electron chi connectivity index (χ2n) is 8.50. The Labute approximate surface area is 130 Å². The molecule has 3 aliphatic rings. The van der Waals surface area contributed by atoms with E-state index in [1.807, 2.05) is 0 Å². The van der Waals surface area contributed by atoms with Crippen LogP contribution in [-0.4, -0.2) is 11.7 Å². The molecule has 1 saturated carbocycles. The van der Waals surface area contributed by atoms with Crippen LogP contribution in [0.1, 0.15) is 72.6 Å².